The van der Waals surface area contributed by atoms with Crippen LogP contribution in [0.2, 0.25) is 0 Å². The molecule has 9 heterocycles. The van der Waals surface area contributed by atoms with E-state index in [4.69, 9.17) is 15.1 Å². The number of benzene rings is 3. The third-order valence-corrected chi connectivity index (χ3v) is 12.3. The van der Waals surface area contributed by atoms with E-state index in [1.54, 1.807) is 75.9 Å². The van der Waals surface area contributed by atoms with Gasteiger partial charge in [0.15, 0.2) is 17.5 Å². The van der Waals surface area contributed by atoms with Crippen LogP contribution < -0.4 is 10.6 Å². The normalized spacial score (nSPS) is 14.9. The average Bonchev–Trinajstić information content (AvgIpc) is 4.20. The van der Waals surface area contributed by atoms with E-state index in [1.165, 1.54) is 12.4 Å². The summed E-state index contributed by atoms with van der Waals surface area (Å²) in [7, 11) is 1.72. The van der Waals surface area contributed by atoms with Gasteiger partial charge < -0.3 is 29.4 Å². The molecule has 22 heteroatoms. The molecule has 2 saturated heterocycles. The van der Waals surface area contributed by atoms with Gasteiger partial charge in [-0.05, 0) is 65.7 Å². The smallest absolute Gasteiger partial charge is 0.282 e. The van der Waals surface area contributed by atoms with Crippen molar-refractivity contribution in [2.24, 2.45) is 7.05 Å². The van der Waals surface area contributed by atoms with E-state index in [-0.39, 0.29) is 5.69 Å². The third kappa shape index (κ3) is 8.19. The highest BCUT2D eigenvalue weighted by Gasteiger charge is 2.48. The number of amides is 2. The van der Waals surface area contributed by atoms with Gasteiger partial charge in [-0.25, -0.2) is 42.2 Å². The Morgan fingerprint density at radius 3 is 2.20 bits per heavy atom. The predicted octanol–water partition coefficient (Wildman–Crippen LogP) is 8.05. The number of hydrogen-bond donors (Lipinski definition) is 3. The summed E-state index contributed by atoms with van der Waals surface area (Å²) in [4.78, 5) is 46.3. The first kappa shape index (κ1) is 43.0. The van der Waals surface area contributed by atoms with Gasteiger partial charge in [-0.1, -0.05) is 30.3 Å². The molecule has 71 heavy (non-hydrogen) atoms. The van der Waals surface area contributed by atoms with Crippen molar-refractivity contribution in [2.75, 3.05) is 36.8 Å². The maximum Gasteiger partial charge on any atom is 0.282 e. The number of carbonyl (C=O) groups excluding carboxylic acids is 2. The van der Waals surface area contributed by atoms with E-state index in [1.807, 2.05) is 66.9 Å². The maximum atomic E-state index is 13.5. The minimum Gasteiger partial charge on any atom is -0.340 e. The molecule has 2 aliphatic heterocycles. The highest BCUT2D eigenvalue weighted by atomic mass is 19.3. The van der Waals surface area contributed by atoms with Gasteiger partial charge >= 0.3 is 0 Å². The number of carbonyl (C=O) groups is 2. The lowest BCUT2D eigenvalue weighted by Crippen LogP contribution is -2.58. The molecule has 2 fully saturated rings. The molecular weight excluding hydrogens is 921 g/mol. The number of nitrogens with zero attached hydrogens (tertiary/aromatic N) is 13. The van der Waals surface area contributed by atoms with E-state index in [0.29, 0.717) is 51.4 Å². The van der Waals surface area contributed by atoms with Gasteiger partial charge in [-0.15, -0.1) is 5.10 Å². The molecule has 2 amide bonds. The number of rotatable bonds is 11. The van der Waals surface area contributed by atoms with Gasteiger partial charge in [0.25, 0.3) is 23.7 Å². The average molecular weight is 957 g/mol. The van der Waals surface area contributed by atoms with Crippen molar-refractivity contribution < 1.29 is 27.2 Å². The van der Waals surface area contributed by atoms with Crippen molar-refractivity contribution >= 4 is 51.4 Å². The molecule has 0 aliphatic carbocycles. The lowest BCUT2D eigenvalue weighted by Gasteiger charge is -2.38. The summed E-state index contributed by atoms with van der Waals surface area (Å²) in [5.74, 6) is -5.06. The first-order valence-corrected chi connectivity index (χ1v) is 22.1. The minimum atomic E-state index is -2.88. The summed E-state index contributed by atoms with van der Waals surface area (Å²) in [5, 5.41) is 27.7. The van der Waals surface area contributed by atoms with Gasteiger partial charge in [0.1, 0.15) is 22.9 Å². The highest BCUT2D eigenvalue weighted by Crippen LogP contribution is 2.34. The Morgan fingerprint density at radius 1 is 0.676 bits per heavy atom. The fourth-order valence-electron chi connectivity index (χ4n) is 8.64. The molecule has 352 valence electrons. The molecule has 0 atom stereocenters. The van der Waals surface area contributed by atoms with Crippen LogP contribution in [-0.4, -0.2) is 119 Å². The monoisotopic (exact) mass is 956 g/mol. The minimum absolute atomic E-state index is 0.0696. The number of aromatic amines is 1. The van der Waals surface area contributed by atoms with Gasteiger partial charge in [0.2, 0.25) is 0 Å². The Balaban J connectivity index is 0.761. The van der Waals surface area contributed by atoms with Crippen molar-refractivity contribution in [1.82, 2.24) is 68.9 Å². The summed E-state index contributed by atoms with van der Waals surface area (Å²) in [6.07, 6.45) is 13.6. The van der Waals surface area contributed by atoms with Crippen LogP contribution in [0, 0.1) is 0 Å². The quantitative estimate of drug-likeness (QED) is 0.106. The van der Waals surface area contributed by atoms with Crippen LogP contribution in [0.25, 0.3) is 67.3 Å². The highest BCUT2D eigenvalue weighted by molar-refractivity contribution is 6.00. The molecular formula is C49H36F4N16O2. The van der Waals surface area contributed by atoms with Gasteiger partial charge in [0.05, 0.1) is 56.1 Å². The van der Waals surface area contributed by atoms with E-state index >= 15 is 0 Å². The molecule has 3 aromatic carbocycles. The van der Waals surface area contributed by atoms with Crippen LogP contribution in [0.1, 0.15) is 21.0 Å². The molecule has 18 nitrogen and oxygen atoms in total. The molecule has 0 unspecified atom stereocenters. The number of halogens is 4. The van der Waals surface area contributed by atoms with E-state index < -0.39 is 49.8 Å². The van der Waals surface area contributed by atoms with Crippen molar-refractivity contribution in [3.63, 3.8) is 0 Å². The largest absolute Gasteiger partial charge is 0.340 e. The Morgan fingerprint density at radius 2 is 1.42 bits per heavy atom. The molecule has 0 saturated carbocycles. The lowest BCUT2D eigenvalue weighted by molar-refractivity contribution is -0.113. The molecule has 0 radical (unpaired) electrons. The van der Waals surface area contributed by atoms with Crippen LogP contribution in [-0.2, 0) is 7.05 Å². The lowest BCUT2D eigenvalue weighted by atomic mass is 10.1. The molecule has 12 rings (SSSR count). The SMILES string of the molecule is Cn1c(C(=O)N2CC(F)(F)C2)cc2ccc(-c3nncc(Nc4ccc(-c5cnn(-c6cc(-c7cn[nH]c7)ccc6Nc6ccnc(-c7ccn8cc(C(=O)N9CC(F)(F)C9)nc8c7)n6)c5)cc4)n3)cc21. The molecule has 7 aromatic heterocycles. The second kappa shape index (κ2) is 16.4. The summed E-state index contributed by atoms with van der Waals surface area (Å²) in [6, 6.07) is 26.1. The number of anilines is 4. The number of nitrogens with one attached hydrogen (secondary N) is 3. The van der Waals surface area contributed by atoms with Crippen molar-refractivity contribution in [3.8, 4) is 50.7 Å². The van der Waals surface area contributed by atoms with Crippen molar-refractivity contribution in [1.29, 1.82) is 0 Å². The van der Waals surface area contributed by atoms with Crippen LogP contribution in [0.4, 0.5) is 40.6 Å². The molecule has 3 N–H and O–H groups in total. The third-order valence-electron chi connectivity index (χ3n) is 12.3. The van der Waals surface area contributed by atoms with E-state index in [9.17, 15) is 27.2 Å². The fourth-order valence-corrected chi connectivity index (χ4v) is 8.64. The van der Waals surface area contributed by atoms with Crippen LogP contribution in [0.3, 0.4) is 0 Å². The van der Waals surface area contributed by atoms with Crippen LogP contribution in [0.15, 0.2) is 135 Å². The van der Waals surface area contributed by atoms with E-state index in [0.717, 1.165) is 54.3 Å². The molecule has 0 spiro atoms. The summed E-state index contributed by atoms with van der Waals surface area (Å²) >= 11 is 0. The Labute approximate surface area is 398 Å². The number of aryl methyl sites for hydroxylation is 1. The van der Waals surface area contributed by atoms with E-state index in [2.05, 4.69) is 41.0 Å². The summed E-state index contributed by atoms with van der Waals surface area (Å²) in [5.41, 5.74) is 8.50. The number of imidazole rings is 1. The summed E-state index contributed by atoms with van der Waals surface area (Å²) in [6.45, 7) is -2.44. The van der Waals surface area contributed by atoms with Gasteiger partial charge in [0, 0.05) is 76.9 Å². The molecule has 10 aromatic rings. The van der Waals surface area contributed by atoms with Gasteiger partial charge in [-0.2, -0.15) is 15.3 Å². The number of fused-ring (bicyclic) bond motifs is 2. The number of aromatic nitrogens is 12. The van der Waals surface area contributed by atoms with Crippen molar-refractivity contribution in [3.05, 3.63) is 146 Å². The Bertz CT molecular complexity index is 3700. The van der Waals surface area contributed by atoms with Crippen molar-refractivity contribution in [2.45, 2.75) is 11.8 Å². The predicted molar refractivity (Wildman–Crippen MR) is 253 cm³/mol. The summed E-state index contributed by atoms with van der Waals surface area (Å²) < 4.78 is 58.9. The Kier molecular flexibility index (Phi) is 9.94. The number of likely N-dealkylation sites (tertiary alicyclic amines) is 2. The maximum absolute atomic E-state index is 13.5. The zero-order valence-corrected chi connectivity index (χ0v) is 37.2. The van der Waals surface area contributed by atoms with Crippen LogP contribution >= 0.6 is 0 Å². The second-order valence-corrected chi connectivity index (χ2v) is 17.4. The number of alkyl halides is 4. The first-order chi connectivity index (χ1) is 34.3. The Hall–Kier alpha value is -9.34. The number of hydrogen-bond acceptors (Lipinski definition) is 12. The van der Waals surface area contributed by atoms with Crippen LogP contribution in [0.5, 0.6) is 0 Å². The fraction of sp³-hybridized carbons (Fsp3) is 0.143. The second-order valence-electron chi connectivity index (χ2n) is 17.4. The number of H-pyrrole nitrogens is 1. The standard InChI is InChI=1S/C49H36F4N16O2/c1-65-38-16-31(3-2-30(38)15-40(65)47(71)68-26-49(52,53)27-68)45-63-42(21-57-64-45)59-35-7-4-28(5-8-35)34-20-58-69(22-34)39-14-29(33-18-55-56-19-33)6-9-36(39)60-41-10-12-54-44(62-41)32-11-13-66-23-37(61-43(66)17-32)46(70)67-24-48(50,51)25-67/h2-23H,24-27H2,1H3,(H,55,56)(H,54,60,62)(H,59,63,64). The first-order valence-electron chi connectivity index (χ1n) is 22.1. The molecule has 2 aliphatic rings. The molecule has 0 bridgehead atoms. The van der Waals surface area contributed by atoms with Gasteiger partial charge in [-0.3, -0.25) is 14.7 Å². The zero-order valence-electron chi connectivity index (χ0n) is 37.2. The zero-order chi connectivity index (χ0) is 48.6. The topological polar surface area (TPSA) is 198 Å². The number of pyridine rings is 1.